The summed E-state index contributed by atoms with van der Waals surface area (Å²) in [5.74, 6) is 1.31. The van der Waals surface area contributed by atoms with Crippen LogP contribution in [0.1, 0.15) is 18.5 Å². The molecule has 1 aromatic carbocycles. The monoisotopic (exact) mass is 232 g/mol. The molecule has 0 spiro atoms. The van der Waals surface area contributed by atoms with Gasteiger partial charge in [-0.25, -0.2) is 0 Å². The van der Waals surface area contributed by atoms with Gasteiger partial charge in [0.2, 0.25) is 0 Å². The summed E-state index contributed by atoms with van der Waals surface area (Å²) in [6.45, 7) is 4.47. The summed E-state index contributed by atoms with van der Waals surface area (Å²) in [7, 11) is 6.49. The number of hydrogen-bond donors (Lipinski definition) is 0. The Bertz CT molecular complexity index is 411. The molecule has 3 heteroatoms. The molecule has 0 bridgehead atoms. The van der Waals surface area contributed by atoms with Crippen LogP contribution in [0.4, 0.5) is 0 Å². The number of hydrogen-bond acceptors (Lipinski definition) is 2. The van der Waals surface area contributed by atoms with Gasteiger partial charge in [-0.3, -0.25) is 14.4 Å². The minimum Gasteiger partial charge on any atom is -0.264 e. The number of rotatable bonds is 2. The van der Waals surface area contributed by atoms with E-state index in [9.17, 15) is 0 Å². The fourth-order valence-corrected chi connectivity index (χ4v) is 2.46. The van der Waals surface area contributed by atoms with E-state index >= 15 is 0 Å². The molecule has 0 fully saturated rings. The van der Waals surface area contributed by atoms with Crippen LogP contribution in [-0.4, -0.2) is 54.6 Å². The first-order valence-corrected chi connectivity index (χ1v) is 6.18. The highest BCUT2D eigenvalue weighted by atomic mass is 15.4. The van der Waals surface area contributed by atoms with Crippen LogP contribution in [0, 0.1) is 0 Å². The summed E-state index contributed by atoms with van der Waals surface area (Å²) < 4.78 is 2.32. The highest BCUT2D eigenvalue weighted by Crippen LogP contribution is 2.20. The zero-order valence-corrected chi connectivity index (χ0v) is 11.2. The second-order valence-electron chi connectivity index (χ2n) is 4.84. The largest absolute Gasteiger partial charge is 0.350 e. The molecular formula is C14H22N3+. The lowest BCUT2D eigenvalue weighted by atomic mass is 10.1. The van der Waals surface area contributed by atoms with Crippen molar-refractivity contribution in [2.45, 2.75) is 13.0 Å². The molecule has 0 N–H and O–H groups in total. The number of guanidine groups is 1. The van der Waals surface area contributed by atoms with E-state index in [1.807, 2.05) is 0 Å². The van der Waals surface area contributed by atoms with Crippen LogP contribution >= 0.6 is 0 Å². The molecule has 0 aliphatic carbocycles. The van der Waals surface area contributed by atoms with Crippen molar-refractivity contribution in [1.82, 2.24) is 9.80 Å². The van der Waals surface area contributed by atoms with Crippen molar-refractivity contribution in [1.29, 1.82) is 0 Å². The van der Waals surface area contributed by atoms with E-state index in [0.717, 1.165) is 13.1 Å². The highest BCUT2D eigenvalue weighted by molar-refractivity contribution is 5.76. The topological polar surface area (TPSA) is 9.49 Å². The molecule has 92 valence electrons. The Morgan fingerprint density at radius 2 is 1.94 bits per heavy atom. The summed E-state index contributed by atoms with van der Waals surface area (Å²) in [5.41, 5.74) is 1.36. The Labute approximate surface area is 104 Å². The van der Waals surface area contributed by atoms with Gasteiger partial charge >= 0.3 is 5.96 Å². The lowest BCUT2D eigenvalue weighted by Crippen LogP contribution is -2.41. The average molecular weight is 232 g/mol. The standard InChI is InChI=1S/C14H22N3/c1-12(13-8-6-5-7-9-13)17(4)14-15(2)10-11-16(14)3/h5-9,12H,10-11H2,1-4H3/q+1/t12-/m0/s1. The van der Waals surface area contributed by atoms with Crippen molar-refractivity contribution in [2.75, 3.05) is 34.2 Å². The van der Waals surface area contributed by atoms with Crippen LogP contribution in [0.5, 0.6) is 0 Å². The molecule has 0 aromatic heterocycles. The van der Waals surface area contributed by atoms with Crippen molar-refractivity contribution in [2.24, 2.45) is 0 Å². The lowest BCUT2D eigenvalue weighted by Gasteiger charge is -2.24. The van der Waals surface area contributed by atoms with Gasteiger partial charge in [-0.2, -0.15) is 0 Å². The van der Waals surface area contributed by atoms with E-state index in [0.29, 0.717) is 6.04 Å². The van der Waals surface area contributed by atoms with Crippen molar-refractivity contribution in [3.05, 3.63) is 35.9 Å². The first-order chi connectivity index (χ1) is 8.11. The third-order valence-electron chi connectivity index (χ3n) is 3.63. The summed E-state index contributed by atoms with van der Waals surface area (Å²) >= 11 is 0. The number of likely N-dealkylation sites (N-methyl/N-ethyl adjacent to an activating group) is 2. The lowest BCUT2D eigenvalue weighted by molar-refractivity contribution is -0.491. The van der Waals surface area contributed by atoms with Crippen LogP contribution in [-0.2, 0) is 0 Å². The zero-order chi connectivity index (χ0) is 12.4. The van der Waals surface area contributed by atoms with E-state index in [2.05, 4.69) is 72.8 Å². The van der Waals surface area contributed by atoms with Gasteiger partial charge < -0.3 is 0 Å². The molecule has 0 saturated heterocycles. The second-order valence-corrected chi connectivity index (χ2v) is 4.84. The summed E-state index contributed by atoms with van der Waals surface area (Å²) in [5, 5.41) is 0. The first kappa shape index (κ1) is 12.0. The van der Waals surface area contributed by atoms with E-state index < -0.39 is 0 Å². The van der Waals surface area contributed by atoms with Gasteiger partial charge in [0.1, 0.15) is 0 Å². The van der Waals surface area contributed by atoms with Gasteiger partial charge in [-0.05, 0) is 12.5 Å². The Balaban J connectivity index is 2.21. The molecule has 3 nitrogen and oxygen atoms in total. The summed E-state index contributed by atoms with van der Waals surface area (Å²) in [6.07, 6.45) is 0. The Kier molecular flexibility index (Phi) is 3.36. The minimum atomic E-state index is 0.397. The molecular weight excluding hydrogens is 210 g/mol. The normalized spacial score (nSPS) is 17.5. The molecule has 1 heterocycles. The fourth-order valence-electron chi connectivity index (χ4n) is 2.46. The molecule has 1 atom stereocenters. The van der Waals surface area contributed by atoms with Gasteiger partial charge in [0.25, 0.3) is 0 Å². The van der Waals surface area contributed by atoms with E-state index in [-0.39, 0.29) is 0 Å². The van der Waals surface area contributed by atoms with Crippen LogP contribution in [0.25, 0.3) is 0 Å². The van der Waals surface area contributed by atoms with E-state index in [4.69, 9.17) is 0 Å². The van der Waals surface area contributed by atoms with Crippen molar-refractivity contribution >= 4 is 5.96 Å². The molecule has 17 heavy (non-hydrogen) atoms. The maximum atomic E-state index is 2.35. The molecule has 0 amide bonds. The van der Waals surface area contributed by atoms with Gasteiger partial charge in [0.05, 0.1) is 40.3 Å². The van der Waals surface area contributed by atoms with Crippen LogP contribution in [0.3, 0.4) is 0 Å². The first-order valence-electron chi connectivity index (χ1n) is 6.18. The molecule has 0 unspecified atom stereocenters. The molecule has 0 saturated carbocycles. The quantitative estimate of drug-likeness (QED) is 0.717. The number of benzene rings is 1. The van der Waals surface area contributed by atoms with Gasteiger partial charge in [-0.1, -0.05) is 30.3 Å². The summed E-state index contributed by atoms with van der Waals surface area (Å²) in [6, 6.07) is 11.1. The SMILES string of the molecule is C[C@@H](c1ccccc1)N(C)C1=[N+](C)CCN1C. The smallest absolute Gasteiger partial charge is 0.264 e. The van der Waals surface area contributed by atoms with Crippen molar-refractivity contribution < 1.29 is 4.58 Å². The average Bonchev–Trinajstić information content (AvgIpc) is 2.68. The van der Waals surface area contributed by atoms with Gasteiger partial charge in [-0.15, -0.1) is 0 Å². The fraction of sp³-hybridized carbons (Fsp3) is 0.500. The summed E-state index contributed by atoms with van der Waals surface area (Å²) in [4.78, 5) is 4.67. The Morgan fingerprint density at radius 3 is 2.47 bits per heavy atom. The van der Waals surface area contributed by atoms with Crippen molar-refractivity contribution in [3.63, 3.8) is 0 Å². The minimum absolute atomic E-state index is 0.397. The van der Waals surface area contributed by atoms with Gasteiger partial charge in [0.15, 0.2) is 0 Å². The maximum Gasteiger partial charge on any atom is 0.350 e. The Morgan fingerprint density at radius 1 is 1.29 bits per heavy atom. The molecule has 1 aliphatic rings. The second kappa shape index (κ2) is 4.78. The Hall–Kier alpha value is -1.51. The third kappa shape index (κ3) is 2.28. The third-order valence-corrected chi connectivity index (χ3v) is 3.63. The van der Waals surface area contributed by atoms with Crippen LogP contribution < -0.4 is 0 Å². The number of nitrogens with zero attached hydrogens (tertiary/aromatic N) is 3. The van der Waals surface area contributed by atoms with Crippen LogP contribution in [0.15, 0.2) is 30.3 Å². The van der Waals surface area contributed by atoms with E-state index in [1.54, 1.807) is 0 Å². The predicted octanol–water partition coefficient (Wildman–Crippen LogP) is 1.62. The molecule has 1 aliphatic heterocycles. The maximum absolute atomic E-state index is 2.35. The molecule has 2 rings (SSSR count). The van der Waals surface area contributed by atoms with Crippen molar-refractivity contribution in [3.8, 4) is 0 Å². The molecule has 0 radical (unpaired) electrons. The zero-order valence-electron chi connectivity index (χ0n) is 11.2. The van der Waals surface area contributed by atoms with E-state index in [1.165, 1.54) is 11.5 Å². The van der Waals surface area contributed by atoms with Gasteiger partial charge in [0, 0.05) is 0 Å². The predicted molar refractivity (Wildman–Crippen MR) is 71.3 cm³/mol. The highest BCUT2D eigenvalue weighted by Gasteiger charge is 2.31. The van der Waals surface area contributed by atoms with Crippen LogP contribution in [0.2, 0.25) is 0 Å². The molecule has 1 aromatic rings.